The van der Waals surface area contributed by atoms with Gasteiger partial charge in [-0.3, -0.25) is 4.90 Å². The first kappa shape index (κ1) is 15.2. The van der Waals surface area contributed by atoms with Crippen LogP contribution in [0.4, 0.5) is 0 Å². The Morgan fingerprint density at radius 3 is 2.33 bits per heavy atom. The number of likely N-dealkylation sites (N-methyl/N-ethyl adjacent to an activating group) is 1. The molecule has 0 spiro atoms. The fraction of sp³-hybridized carbons (Fsp3) is 0.600. The van der Waals surface area contributed by atoms with Gasteiger partial charge in [-0.1, -0.05) is 31.2 Å². The lowest BCUT2D eigenvalue weighted by atomic mass is 10.1. The summed E-state index contributed by atoms with van der Waals surface area (Å²) in [7, 11) is 1.97. The average molecular weight is 250 g/mol. The molecule has 0 aliphatic rings. The van der Waals surface area contributed by atoms with Crippen molar-refractivity contribution in [3.05, 3.63) is 35.4 Å². The second kappa shape index (κ2) is 9.09. The molecule has 0 amide bonds. The van der Waals surface area contributed by atoms with Crippen molar-refractivity contribution in [1.29, 1.82) is 0 Å². The van der Waals surface area contributed by atoms with Crippen LogP contribution in [0, 0.1) is 0 Å². The van der Waals surface area contributed by atoms with E-state index in [0.29, 0.717) is 0 Å². The molecule has 0 heterocycles. The van der Waals surface area contributed by atoms with Crippen molar-refractivity contribution in [2.75, 3.05) is 33.4 Å². The highest BCUT2D eigenvalue weighted by Crippen LogP contribution is 2.07. The van der Waals surface area contributed by atoms with Crippen LogP contribution in [-0.4, -0.2) is 38.3 Å². The molecule has 18 heavy (non-hydrogen) atoms. The summed E-state index contributed by atoms with van der Waals surface area (Å²) in [5.74, 6) is 0. The summed E-state index contributed by atoms with van der Waals surface area (Å²) >= 11 is 0. The van der Waals surface area contributed by atoms with E-state index >= 15 is 0 Å². The Bertz CT molecular complexity index is 311. The molecule has 1 N–H and O–H groups in total. The maximum atomic E-state index is 5.40. The molecule has 0 saturated carbocycles. The molecule has 0 atom stereocenters. The van der Waals surface area contributed by atoms with Crippen LogP contribution < -0.4 is 5.32 Å². The Morgan fingerprint density at radius 2 is 1.78 bits per heavy atom. The molecule has 0 bridgehead atoms. The van der Waals surface area contributed by atoms with Crippen molar-refractivity contribution in [3.63, 3.8) is 0 Å². The second-order valence-corrected chi connectivity index (χ2v) is 4.41. The number of benzene rings is 1. The third-order valence-electron chi connectivity index (χ3n) is 3.01. The number of rotatable bonds is 9. The SMILES string of the molecule is CCOCCN(CC)Cc1ccc(CNC)cc1. The van der Waals surface area contributed by atoms with E-state index in [4.69, 9.17) is 4.74 Å². The molecule has 3 heteroatoms. The molecular weight excluding hydrogens is 224 g/mol. The van der Waals surface area contributed by atoms with Crippen LogP contribution in [0.2, 0.25) is 0 Å². The predicted molar refractivity (Wildman–Crippen MR) is 76.6 cm³/mol. The first-order valence-electron chi connectivity index (χ1n) is 6.82. The maximum Gasteiger partial charge on any atom is 0.0593 e. The Morgan fingerprint density at radius 1 is 1.11 bits per heavy atom. The fourth-order valence-electron chi connectivity index (χ4n) is 1.91. The standard InChI is InChI=1S/C15H26N2O/c1-4-17(10-11-18-5-2)13-15-8-6-14(7-9-15)12-16-3/h6-9,16H,4-5,10-13H2,1-3H3. The van der Waals surface area contributed by atoms with Crippen molar-refractivity contribution in [3.8, 4) is 0 Å². The highest BCUT2D eigenvalue weighted by molar-refractivity contribution is 5.22. The first-order valence-corrected chi connectivity index (χ1v) is 6.82. The van der Waals surface area contributed by atoms with Gasteiger partial charge in [0.05, 0.1) is 6.61 Å². The van der Waals surface area contributed by atoms with Gasteiger partial charge < -0.3 is 10.1 Å². The van der Waals surface area contributed by atoms with Gasteiger partial charge in [-0.2, -0.15) is 0 Å². The number of nitrogens with zero attached hydrogens (tertiary/aromatic N) is 1. The van der Waals surface area contributed by atoms with Crippen molar-refractivity contribution in [2.24, 2.45) is 0 Å². The van der Waals surface area contributed by atoms with Crippen LogP contribution in [0.3, 0.4) is 0 Å². The Hall–Kier alpha value is -0.900. The summed E-state index contributed by atoms with van der Waals surface area (Å²) in [5.41, 5.74) is 2.70. The third kappa shape index (κ3) is 5.63. The predicted octanol–water partition coefficient (Wildman–Crippen LogP) is 2.26. The molecule has 3 nitrogen and oxygen atoms in total. The van der Waals surface area contributed by atoms with E-state index in [1.165, 1.54) is 11.1 Å². The van der Waals surface area contributed by atoms with E-state index in [-0.39, 0.29) is 0 Å². The molecule has 0 radical (unpaired) electrons. The van der Waals surface area contributed by atoms with Gasteiger partial charge in [0.2, 0.25) is 0 Å². The van der Waals surface area contributed by atoms with E-state index in [2.05, 4.69) is 41.4 Å². The topological polar surface area (TPSA) is 24.5 Å². The van der Waals surface area contributed by atoms with Crippen LogP contribution in [0.1, 0.15) is 25.0 Å². The summed E-state index contributed by atoms with van der Waals surface area (Å²) < 4.78 is 5.40. The van der Waals surface area contributed by atoms with Crippen molar-refractivity contribution in [1.82, 2.24) is 10.2 Å². The number of hydrogen-bond acceptors (Lipinski definition) is 3. The lowest BCUT2D eigenvalue weighted by molar-refractivity contribution is 0.113. The summed E-state index contributed by atoms with van der Waals surface area (Å²) in [6.45, 7) is 9.86. The lowest BCUT2D eigenvalue weighted by Gasteiger charge is -2.20. The molecule has 0 unspecified atom stereocenters. The molecule has 1 aromatic carbocycles. The molecule has 0 aliphatic heterocycles. The molecule has 1 aromatic rings. The van der Waals surface area contributed by atoms with E-state index < -0.39 is 0 Å². The molecule has 0 saturated heterocycles. The summed E-state index contributed by atoms with van der Waals surface area (Å²) in [6, 6.07) is 8.83. The van der Waals surface area contributed by atoms with Gasteiger partial charge in [-0.05, 0) is 31.6 Å². The molecule has 0 aliphatic carbocycles. The smallest absolute Gasteiger partial charge is 0.0593 e. The number of hydrogen-bond donors (Lipinski definition) is 1. The monoisotopic (exact) mass is 250 g/mol. The molecule has 0 aromatic heterocycles. The Kier molecular flexibility index (Phi) is 7.65. The molecule has 102 valence electrons. The van der Waals surface area contributed by atoms with Gasteiger partial charge >= 0.3 is 0 Å². The van der Waals surface area contributed by atoms with Crippen LogP contribution in [0.15, 0.2) is 24.3 Å². The largest absolute Gasteiger partial charge is 0.380 e. The summed E-state index contributed by atoms with van der Waals surface area (Å²) in [5, 5.41) is 3.16. The minimum Gasteiger partial charge on any atom is -0.380 e. The van der Waals surface area contributed by atoms with Gasteiger partial charge in [-0.15, -0.1) is 0 Å². The van der Waals surface area contributed by atoms with Crippen LogP contribution in [0.5, 0.6) is 0 Å². The number of ether oxygens (including phenoxy) is 1. The maximum absolute atomic E-state index is 5.40. The van der Waals surface area contributed by atoms with Crippen LogP contribution in [0.25, 0.3) is 0 Å². The van der Waals surface area contributed by atoms with Crippen molar-refractivity contribution < 1.29 is 4.74 Å². The van der Waals surface area contributed by atoms with Gasteiger partial charge in [0.25, 0.3) is 0 Å². The Labute approximate surface area is 111 Å². The zero-order valence-electron chi connectivity index (χ0n) is 11.9. The molecular formula is C15H26N2O. The van der Waals surface area contributed by atoms with Crippen molar-refractivity contribution >= 4 is 0 Å². The summed E-state index contributed by atoms with van der Waals surface area (Å²) in [6.07, 6.45) is 0. The average Bonchev–Trinajstić information content (AvgIpc) is 2.40. The van der Waals surface area contributed by atoms with Crippen LogP contribution in [-0.2, 0) is 17.8 Å². The third-order valence-corrected chi connectivity index (χ3v) is 3.01. The second-order valence-electron chi connectivity index (χ2n) is 4.41. The van der Waals surface area contributed by atoms with E-state index in [0.717, 1.165) is 39.4 Å². The van der Waals surface area contributed by atoms with E-state index in [1.807, 2.05) is 14.0 Å². The fourth-order valence-corrected chi connectivity index (χ4v) is 1.91. The number of nitrogens with one attached hydrogen (secondary N) is 1. The quantitative estimate of drug-likeness (QED) is 0.680. The van der Waals surface area contributed by atoms with Crippen molar-refractivity contribution in [2.45, 2.75) is 26.9 Å². The summed E-state index contributed by atoms with van der Waals surface area (Å²) in [4.78, 5) is 2.41. The minimum absolute atomic E-state index is 0.802. The van der Waals surface area contributed by atoms with E-state index in [9.17, 15) is 0 Å². The van der Waals surface area contributed by atoms with Gasteiger partial charge in [-0.25, -0.2) is 0 Å². The Balaban J connectivity index is 2.43. The first-order chi connectivity index (χ1) is 8.80. The highest BCUT2D eigenvalue weighted by Gasteiger charge is 2.03. The van der Waals surface area contributed by atoms with Crippen LogP contribution >= 0.6 is 0 Å². The normalized spacial score (nSPS) is 11.1. The van der Waals surface area contributed by atoms with Gasteiger partial charge in [0.15, 0.2) is 0 Å². The lowest BCUT2D eigenvalue weighted by Crippen LogP contribution is -2.27. The highest BCUT2D eigenvalue weighted by atomic mass is 16.5. The zero-order chi connectivity index (χ0) is 13.2. The van der Waals surface area contributed by atoms with Gasteiger partial charge in [0, 0.05) is 26.2 Å². The van der Waals surface area contributed by atoms with E-state index in [1.54, 1.807) is 0 Å². The molecule has 0 fully saturated rings. The van der Waals surface area contributed by atoms with Gasteiger partial charge in [0.1, 0.15) is 0 Å². The zero-order valence-corrected chi connectivity index (χ0v) is 11.9. The minimum atomic E-state index is 0.802. The molecule has 1 rings (SSSR count).